The van der Waals surface area contributed by atoms with Gasteiger partial charge in [0.25, 0.3) is 0 Å². The molecule has 1 aliphatic heterocycles. The number of nitrogens with one attached hydrogen (secondary N) is 2. The van der Waals surface area contributed by atoms with E-state index in [1.54, 1.807) is 0 Å². The molecule has 2 aromatic carbocycles. The highest BCUT2D eigenvalue weighted by Gasteiger charge is 2.42. The van der Waals surface area contributed by atoms with Crippen molar-refractivity contribution < 1.29 is 28.2 Å². The normalized spacial score (nSPS) is 18.5. The Morgan fingerprint density at radius 1 is 1.10 bits per heavy atom. The van der Waals surface area contributed by atoms with E-state index in [0.717, 1.165) is 0 Å². The molecule has 0 saturated carbocycles. The molecule has 0 aliphatic carbocycles. The average molecular weight is 487 g/mol. The van der Waals surface area contributed by atoms with Gasteiger partial charge in [-0.2, -0.15) is 0 Å². The lowest BCUT2D eigenvalue weighted by Crippen LogP contribution is -2.46. The Labute approximate surface area is 189 Å². The van der Waals surface area contributed by atoms with Crippen molar-refractivity contribution in [2.45, 2.75) is 29.8 Å². The number of aromatic hydroxyl groups is 1. The molecule has 0 bridgehead atoms. The fourth-order valence-corrected chi connectivity index (χ4v) is 5.46. The first-order chi connectivity index (χ1) is 14.6. The number of phenolic OH excluding ortho intramolecular Hbond substituents is 1. The van der Waals surface area contributed by atoms with Crippen LogP contribution in [-0.2, 0) is 19.6 Å². The van der Waals surface area contributed by atoms with E-state index in [-0.39, 0.29) is 26.3 Å². The number of carbonyl (C=O) groups excluding carboxylic acids is 1. The van der Waals surface area contributed by atoms with E-state index in [4.69, 9.17) is 23.2 Å². The lowest BCUT2D eigenvalue weighted by Gasteiger charge is -2.26. The number of carbonyl (C=O) groups is 2. The van der Waals surface area contributed by atoms with Crippen LogP contribution in [0.1, 0.15) is 24.4 Å². The van der Waals surface area contributed by atoms with E-state index in [1.165, 1.54) is 42.5 Å². The molecule has 8 nitrogen and oxygen atoms in total. The number of carboxylic acid groups (broad SMARTS) is 1. The molecule has 2 aromatic rings. The summed E-state index contributed by atoms with van der Waals surface area (Å²) >= 11 is 11.8. The lowest BCUT2D eigenvalue weighted by atomic mass is 9.86. The minimum atomic E-state index is -4.32. The fraction of sp³-hybridized carbons (Fsp3) is 0.300. The van der Waals surface area contributed by atoms with Crippen LogP contribution in [0.3, 0.4) is 0 Å². The van der Waals surface area contributed by atoms with Gasteiger partial charge in [-0.05, 0) is 55.3 Å². The first-order valence-electron chi connectivity index (χ1n) is 9.36. The quantitative estimate of drug-likeness (QED) is 0.421. The number of aliphatic carboxylic acids is 1. The van der Waals surface area contributed by atoms with E-state index in [2.05, 4.69) is 10.0 Å². The Hall–Kier alpha value is -2.17. The molecule has 0 spiro atoms. The van der Waals surface area contributed by atoms with Crippen molar-refractivity contribution in [3.63, 3.8) is 0 Å². The maximum Gasteiger partial charge on any atom is 0.316 e. The number of benzene rings is 2. The van der Waals surface area contributed by atoms with Gasteiger partial charge in [0.2, 0.25) is 10.0 Å². The largest absolute Gasteiger partial charge is 0.508 e. The number of Topliss-reactive ketones (excluding diaryl/α,β-unsaturated/α-hetero) is 1. The predicted molar refractivity (Wildman–Crippen MR) is 115 cm³/mol. The van der Waals surface area contributed by atoms with Crippen molar-refractivity contribution in [1.29, 1.82) is 0 Å². The number of phenols is 1. The summed E-state index contributed by atoms with van der Waals surface area (Å²) in [5, 5.41) is 22.6. The summed E-state index contributed by atoms with van der Waals surface area (Å²) in [6, 6.07) is 6.85. The molecule has 0 aromatic heterocycles. The molecular formula is C20H20Cl2N2O6S. The van der Waals surface area contributed by atoms with E-state index < -0.39 is 39.8 Å². The molecule has 3 rings (SSSR count). The summed E-state index contributed by atoms with van der Waals surface area (Å²) in [5.74, 6) is -3.90. The second-order valence-corrected chi connectivity index (χ2v) is 9.75. The summed E-state index contributed by atoms with van der Waals surface area (Å²) < 4.78 is 28.5. The van der Waals surface area contributed by atoms with E-state index >= 15 is 0 Å². The fourth-order valence-electron chi connectivity index (χ4n) is 3.50. The van der Waals surface area contributed by atoms with Crippen molar-refractivity contribution in [1.82, 2.24) is 10.0 Å². The van der Waals surface area contributed by atoms with Crippen LogP contribution in [0.2, 0.25) is 10.0 Å². The summed E-state index contributed by atoms with van der Waals surface area (Å²) in [4.78, 5) is 24.9. The highest BCUT2D eigenvalue weighted by molar-refractivity contribution is 7.89. The van der Waals surface area contributed by atoms with Crippen molar-refractivity contribution in [3.05, 3.63) is 58.1 Å². The number of rotatable bonds is 8. The van der Waals surface area contributed by atoms with Gasteiger partial charge in [-0.15, -0.1) is 0 Å². The Kier molecular flexibility index (Phi) is 7.23. The maximum atomic E-state index is 13.1. The second kappa shape index (κ2) is 9.54. The maximum absolute atomic E-state index is 13.1. The molecule has 1 aliphatic rings. The van der Waals surface area contributed by atoms with Crippen molar-refractivity contribution in [2.24, 2.45) is 5.92 Å². The molecular weight excluding hydrogens is 467 g/mol. The van der Waals surface area contributed by atoms with Gasteiger partial charge in [-0.25, -0.2) is 13.1 Å². The van der Waals surface area contributed by atoms with Gasteiger partial charge in [0.05, 0.1) is 17.0 Å². The molecule has 0 radical (unpaired) electrons. The third kappa shape index (κ3) is 5.55. The zero-order valence-electron chi connectivity index (χ0n) is 16.1. The van der Waals surface area contributed by atoms with Crippen LogP contribution in [0.5, 0.6) is 5.75 Å². The van der Waals surface area contributed by atoms with Crippen molar-refractivity contribution in [3.8, 4) is 5.75 Å². The van der Waals surface area contributed by atoms with E-state index in [0.29, 0.717) is 19.4 Å². The van der Waals surface area contributed by atoms with Crippen LogP contribution in [-0.4, -0.2) is 43.0 Å². The standard InChI is InChI=1S/C20H20Cl2N2O6S/c21-12-8-13(22)10-15(9-12)31(29,30)24-18(11-3-5-14(25)6-4-11)17(20(27)28)19(26)16-2-1-7-23-16/h3-6,8-10,16-18,23-25H,1-2,7H2,(H,27,28)/t16?,17-,18-/m0/s1. The SMILES string of the molecule is O=C(O)[C@H](C(=O)C1CCCN1)[C@@H](NS(=O)(=O)c1cc(Cl)cc(Cl)c1)c1ccc(O)cc1. The minimum Gasteiger partial charge on any atom is -0.508 e. The number of carboxylic acids is 1. The second-order valence-electron chi connectivity index (χ2n) is 7.16. The summed E-state index contributed by atoms with van der Waals surface area (Å²) in [7, 11) is -4.32. The third-order valence-corrected chi connectivity index (χ3v) is 6.85. The average Bonchev–Trinajstić information content (AvgIpc) is 3.22. The molecule has 166 valence electrons. The molecule has 4 N–H and O–H groups in total. The molecule has 1 fully saturated rings. The van der Waals surface area contributed by atoms with Crippen molar-refractivity contribution >= 4 is 45.0 Å². The predicted octanol–water partition coefficient (Wildman–Crippen LogP) is 2.74. The number of hydrogen-bond acceptors (Lipinski definition) is 6. The van der Waals surface area contributed by atoms with Crippen LogP contribution in [0.15, 0.2) is 47.4 Å². The van der Waals surface area contributed by atoms with Crippen LogP contribution in [0.25, 0.3) is 0 Å². The summed E-state index contributed by atoms with van der Waals surface area (Å²) in [6.45, 7) is 0.569. The smallest absolute Gasteiger partial charge is 0.316 e. The first-order valence-corrected chi connectivity index (χ1v) is 11.6. The highest BCUT2D eigenvalue weighted by atomic mass is 35.5. The zero-order chi connectivity index (χ0) is 22.8. The summed E-state index contributed by atoms with van der Waals surface area (Å²) in [6.07, 6.45) is 1.17. The Morgan fingerprint density at radius 2 is 1.71 bits per heavy atom. The zero-order valence-corrected chi connectivity index (χ0v) is 18.4. The topological polar surface area (TPSA) is 133 Å². The minimum absolute atomic E-state index is 0.0788. The molecule has 31 heavy (non-hydrogen) atoms. The Morgan fingerprint density at radius 3 is 2.23 bits per heavy atom. The number of sulfonamides is 1. The monoisotopic (exact) mass is 486 g/mol. The molecule has 1 heterocycles. The third-order valence-electron chi connectivity index (χ3n) is 4.99. The van der Waals surface area contributed by atoms with Gasteiger partial charge < -0.3 is 15.5 Å². The van der Waals surface area contributed by atoms with Gasteiger partial charge in [0, 0.05) is 10.0 Å². The molecule has 1 unspecified atom stereocenters. The van der Waals surface area contributed by atoms with Crippen molar-refractivity contribution in [2.75, 3.05) is 6.54 Å². The van der Waals surface area contributed by atoms with Gasteiger partial charge in [0.15, 0.2) is 5.78 Å². The first kappa shape index (κ1) is 23.5. The van der Waals surface area contributed by atoms with Crippen LogP contribution < -0.4 is 10.0 Å². The van der Waals surface area contributed by atoms with Gasteiger partial charge >= 0.3 is 5.97 Å². The molecule has 3 atom stereocenters. The van der Waals surface area contributed by atoms with Gasteiger partial charge in [0.1, 0.15) is 11.7 Å². The number of ketones is 1. The van der Waals surface area contributed by atoms with Crippen LogP contribution in [0, 0.1) is 5.92 Å². The van der Waals surface area contributed by atoms with E-state index in [1.807, 2.05) is 0 Å². The lowest BCUT2D eigenvalue weighted by molar-refractivity contribution is -0.148. The van der Waals surface area contributed by atoms with E-state index in [9.17, 15) is 28.2 Å². The van der Waals surface area contributed by atoms with Crippen LogP contribution >= 0.6 is 23.2 Å². The Bertz CT molecular complexity index is 1070. The van der Waals surface area contributed by atoms with Gasteiger partial charge in [-0.3, -0.25) is 9.59 Å². The number of hydrogen-bond donors (Lipinski definition) is 4. The number of halogens is 2. The molecule has 1 saturated heterocycles. The summed E-state index contributed by atoms with van der Waals surface area (Å²) in [5.41, 5.74) is 0.202. The molecule has 0 amide bonds. The van der Waals surface area contributed by atoms with Crippen LogP contribution in [0.4, 0.5) is 0 Å². The Balaban J connectivity index is 2.05. The molecule has 11 heteroatoms. The van der Waals surface area contributed by atoms with Gasteiger partial charge in [-0.1, -0.05) is 35.3 Å². The highest BCUT2D eigenvalue weighted by Crippen LogP contribution is 2.30.